The van der Waals surface area contributed by atoms with Crippen molar-refractivity contribution in [3.8, 4) is 11.3 Å². The van der Waals surface area contributed by atoms with Crippen molar-refractivity contribution in [3.63, 3.8) is 0 Å². The first-order chi connectivity index (χ1) is 12.2. The van der Waals surface area contributed by atoms with Crippen LogP contribution in [-0.2, 0) is 16.1 Å². The molecule has 1 aromatic carbocycles. The van der Waals surface area contributed by atoms with Crippen LogP contribution in [0.4, 0.5) is 0 Å². The Kier molecular flexibility index (Phi) is 6.02. The number of nitrogens with two attached hydrogens (primary N) is 1. The summed E-state index contributed by atoms with van der Waals surface area (Å²) in [6.07, 6.45) is 0.384. The molecule has 1 heterocycles. The number of primary amides is 1. The van der Waals surface area contributed by atoms with E-state index >= 15 is 0 Å². The van der Waals surface area contributed by atoms with Crippen molar-refractivity contribution < 1.29 is 9.59 Å². The third kappa shape index (κ3) is 3.72. The van der Waals surface area contributed by atoms with Crippen LogP contribution in [0.2, 0.25) is 0 Å². The minimum Gasteiger partial charge on any atom is -0.368 e. The number of hydrogen-bond donors (Lipinski definition) is 2. The zero-order valence-corrected chi connectivity index (χ0v) is 16.4. The van der Waals surface area contributed by atoms with E-state index < -0.39 is 17.4 Å². The van der Waals surface area contributed by atoms with Crippen LogP contribution >= 0.6 is 11.3 Å². The lowest BCUT2D eigenvalue weighted by molar-refractivity contribution is -0.134. The average Bonchev–Trinajstić information content (AvgIpc) is 2.86. The van der Waals surface area contributed by atoms with Crippen molar-refractivity contribution in [3.05, 3.63) is 44.9 Å². The van der Waals surface area contributed by atoms with Gasteiger partial charge in [0.2, 0.25) is 11.8 Å². The van der Waals surface area contributed by atoms with Gasteiger partial charge in [0, 0.05) is 4.88 Å². The molecule has 0 saturated heterocycles. The first-order valence-corrected chi connectivity index (χ1v) is 9.41. The van der Waals surface area contributed by atoms with Gasteiger partial charge in [0.05, 0.1) is 5.69 Å². The number of hydrogen-bond acceptors (Lipinski definition) is 4. The van der Waals surface area contributed by atoms with Gasteiger partial charge in [-0.15, -0.1) is 0 Å². The molecule has 0 fully saturated rings. The Morgan fingerprint density at radius 2 is 1.88 bits per heavy atom. The zero-order valence-electron chi connectivity index (χ0n) is 15.5. The van der Waals surface area contributed by atoms with Gasteiger partial charge in [-0.2, -0.15) is 0 Å². The summed E-state index contributed by atoms with van der Waals surface area (Å²) in [5, 5.41) is 2.77. The molecule has 0 bridgehead atoms. The highest BCUT2D eigenvalue weighted by molar-refractivity contribution is 7.09. The second-order valence-corrected chi connectivity index (χ2v) is 7.78. The predicted octanol–water partition coefficient (Wildman–Crippen LogP) is 2.29. The van der Waals surface area contributed by atoms with E-state index in [1.165, 1.54) is 4.57 Å². The van der Waals surface area contributed by atoms with Crippen LogP contribution in [0.15, 0.2) is 35.1 Å². The highest BCUT2D eigenvalue weighted by Gasteiger charge is 2.39. The number of nitrogens with zero attached hydrogens (tertiary/aromatic N) is 1. The van der Waals surface area contributed by atoms with Crippen molar-refractivity contribution in [2.75, 3.05) is 0 Å². The molecule has 2 amide bonds. The summed E-state index contributed by atoms with van der Waals surface area (Å²) in [5.41, 5.74) is 6.03. The Morgan fingerprint density at radius 3 is 2.38 bits per heavy atom. The summed E-state index contributed by atoms with van der Waals surface area (Å²) in [6, 6.07) is 9.46. The van der Waals surface area contributed by atoms with Gasteiger partial charge in [-0.3, -0.25) is 19.0 Å². The van der Waals surface area contributed by atoms with E-state index in [-0.39, 0.29) is 17.3 Å². The summed E-state index contributed by atoms with van der Waals surface area (Å²) in [5.74, 6) is -1.14. The monoisotopic (exact) mass is 375 g/mol. The molecular formula is C19H25N3O3S. The largest absolute Gasteiger partial charge is 0.368 e. The van der Waals surface area contributed by atoms with Crippen LogP contribution in [0.25, 0.3) is 11.3 Å². The maximum absolute atomic E-state index is 12.7. The fourth-order valence-corrected chi connectivity index (χ4v) is 4.06. The van der Waals surface area contributed by atoms with Gasteiger partial charge in [-0.05, 0) is 24.8 Å². The van der Waals surface area contributed by atoms with E-state index in [0.29, 0.717) is 6.42 Å². The second-order valence-electron chi connectivity index (χ2n) is 6.62. The van der Waals surface area contributed by atoms with Crippen molar-refractivity contribution in [2.45, 2.75) is 46.2 Å². The standard InChI is InChI=1S/C19H25N3O3S/c1-5-19(12(2)3,17(20)24)21-15(23)11-22-16(13(4)26-18(22)25)14-9-7-6-8-10-14/h6-10,12H,5,11H2,1-4H3,(H2,20,24)(H,21,23). The van der Waals surface area contributed by atoms with Crippen LogP contribution < -0.4 is 15.9 Å². The summed E-state index contributed by atoms with van der Waals surface area (Å²) in [7, 11) is 0. The van der Waals surface area contributed by atoms with Crippen molar-refractivity contribution in [1.82, 2.24) is 9.88 Å². The maximum Gasteiger partial charge on any atom is 0.308 e. The molecule has 0 aliphatic rings. The molecule has 140 valence electrons. The number of benzene rings is 1. The highest BCUT2D eigenvalue weighted by Crippen LogP contribution is 2.25. The van der Waals surface area contributed by atoms with E-state index in [0.717, 1.165) is 27.5 Å². The fourth-order valence-electron chi connectivity index (χ4n) is 3.21. The van der Waals surface area contributed by atoms with Gasteiger partial charge in [-0.25, -0.2) is 0 Å². The van der Waals surface area contributed by atoms with Crippen molar-refractivity contribution in [1.29, 1.82) is 0 Å². The van der Waals surface area contributed by atoms with Gasteiger partial charge in [0.15, 0.2) is 0 Å². The average molecular weight is 375 g/mol. The Balaban J connectivity index is 2.36. The van der Waals surface area contributed by atoms with Gasteiger partial charge >= 0.3 is 4.87 Å². The fraction of sp³-hybridized carbons (Fsp3) is 0.421. The summed E-state index contributed by atoms with van der Waals surface area (Å²) in [6.45, 7) is 7.18. The highest BCUT2D eigenvalue weighted by atomic mass is 32.1. The molecule has 7 heteroatoms. The second kappa shape index (κ2) is 7.86. The lowest BCUT2D eigenvalue weighted by atomic mass is 9.83. The number of aromatic nitrogens is 1. The Morgan fingerprint density at radius 1 is 1.27 bits per heavy atom. The third-order valence-electron chi connectivity index (χ3n) is 4.76. The minimum absolute atomic E-state index is 0.158. The van der Waals surface area contributed by atoms with E-state index in [9.17, 15) is 14.4 Å². The van der Waals surface area contributed by atoms with E-state index in [4.69, 9.17) is 5.73 Å². The van der Waals surface area contributed by atoms with Crippen LogP contribution in [-0.4, -0.2) is 21.9 Å². The molecule has 0 radical (unpaired) electrons. The van der Waals surface area contributed by atoms with Gasteiger partial charge < -0.3 is 11.1 Å². The minimum atomic E-state index is -1.13. The van der Waals surface area contributed by atoms with Crippen molar-refractivity contribution in [2.24, 2.45) is 11.7 Å². The van der Waals surface area contributed by atoms with Crippen LogP contribution in [0.1, 0.15) is 32.1 Å². The van der Waals surface area contributed by atoms with Crippen LogP contribution in [0.3, 0.4) is 0 Å². The maximum atomic E-state index is 12.7. The third-order valence-corrected chi connectivity index (χ3v) is 5.65. The molecule has 1 unspecified atom stereocenters. The number of carbonyl (C=O) groups excluding carboxylic acids is 2. The number of nitrogens with one attached hydrogen (secondary N) is 1. The summed E-state index contributed by atoms with van der Waals surface area (Å²) in [4.78, 5) is 37.7. The topological polar surface area (TPSA) is 94.2 Å². The van der Waals surface area contributed by atoms with E-state index in [1.807, 2.05) is 51.1 Å². The Bertz CT molecular complexity index is 855. The lowest BCUT2D eigenvalue weighted by Gasteiger charge is -2.34. The molecule has 0 aliphatic carbocycles. The predicted molar refractivity (Wildman–Crippen MR) is 104 cm³/mol. The van der Waals surface area contributed by atoms with Crippen molar-refractivity contribution >= 4 is 23.2 Å². The quantitative estimate of drug-likeness (QED) is 0.777. The Labute approximate surface area is 157 Å². The van der Waals surface area contributed by atoms with Crippen LogP contribution in [0.5, 0.6) is 0 Å². The van der Waals surface area contributed by atoms with Gasteiger partial charge in [0.1, 0.15) is 12.1 Å². The molecule has 1 atom stereocenters. The van der Waals surface area contributed by atoms with E-state index in [1.54, 1.807) is 6.92 Å². The zero-order chi connectivity index (χ0) is 19.5. The number of rotatable bonds is 7. The normalized spacial score (nSPS) is 13.4. The summed E-state index contributed by atoms with van der Waals surface area (Å²) < 4.78 is 1.45. The Hall–Kier alpha value is -2.41. The van der Waals surface area contributed by atoms with Crippen LogP contribution in [0, 0.1) is 12.8 Å². The molecule has 2 aromatic rings. The number of carbonyl (C=O) groups is 2. The van der Waals surface area contributed by atoms with Gasteiger partial charge in [-0.1, -0.05) is 62.4 Å². The number of aryl methyl sites for hydroxylation is 1. The molecule has 1 aromatic heterocycles. The summed E-state index contributed by atoms with van der Waals surface area (Å²) >= 11 is 1.10. The molecule has 2 rings (SSSR count). The lowest BCUT2D eigenvalue weighted by Crippen LogP contribution is -2.61. The molecule has 6 nitrogen and oxygen atoms in total. The van der Waals surface area contributed by atoms with E-state index in [2.05, 4.69) is 5.32 Å². The number of thiazole rings is 1. The first-order valence-electron chi connectivity index (χ1n) is 8.59. The number of amides is 2. The smallest absolute Gasteiger partial charge is 0.308 e. The molecular weight excluding hydrogens is 350 g/mol. The molecule has 3 N–H and O–H groups in total. The molecule has 0 aliphatic heterocycles. The first kappa shape index (κ1) is 19.9. The SMILES string of the molecule is CCC(NC(=O)Cn1c(-c2ccccc2)c(C)sc1=O)(C(N)=O)C(C)C. The molecule has 0 saturated carbocycles. The molecule has 26 heavy (non-hydrogen) atoms. The van der Waals surface area contributed by atoms with Gasteiger partial charge in [0.25, 0.3) is 0 Å². The molecule has 0 spiro atoms.